The average Bonchev–Trinajstić information content (AvgIpc) is 2.98. The Morgan fingerprint density at radius 1 is 0.884 bits per heavy atom. The first kappa shape index (κ1) is 30.1. The summed E-state index contributed by atoms with van der Waals surface area (Å²) in [6.07, 6.45) is 0. The second-order valence-electron chi connectivity index (χ2n) is 12.2. The van der Waals surface area contributed by atoms with E-state index in [9.17, 15) is 9.59 Å². The van der Waals surface area contributed by atoms with E-state index in [1.54, 1.807) is 6.92 Å². The maximum atomic E-state index is 13.2. The summed E-state index contributed by atoms with van der Waals surface area (Å²) in [7, 11) is 4.05. The summed E-state index contributed by atoms with van der Waals surface area (Å²) in [5, 5.41) is 3.08. The molecule has 222 valence electrons. The molecule has 0 saturated heterocycles. The summed E-state index contributed by atoms with van der Waals surface area (Å²) in [5.74, 6) is 0.757. The number of carbonyl (C=O) groups is 2. The summed E-state index contributed by atoms with van der Waals surface area (Å²) in [6.45, 7) is 9.56. The molecule has 4 aromatic rings. The Kier molecular flexibility index (Phi) is 8.69. The normalized spacial score (nSPS) is 17.3. The highest BCUT2D eigenvalue weighted by atomic mass is 16.5. The topological polar surface area (TPSA) is 61.9 Å². The molecular formula is C37H41N3O3. The van der Waals surface area contributed by atoms with Crippen molar-refractivity contribution < 1.29 is 14.3 Å². The van der Waals surface area contributed by atoms with Crippen molar-refractivity contribution in [3.8, 4) is 16.9 Å². The Balaban J connectivity index is 1.40. The Morgan fingerprint density at radius 2 is 1.53 bits per heavy atom. The summed E-state index contributed by atoms with van der Waals surface area (Å²) in [4.78, 5) is 30.3. The number of rotatable bonds is 8. The van der Waals surface area contributed by atoms with Gasteiger partial charge in [0, 0.05) is 41.9 Å². The fourth-order valence-electron chi connectivity index (χ4n) is 6.48. The summed E-state index contributed by atoms with van der Waals surface area (Å²) >= 11 is 0. The number of benzene rings is 4. The largest absolute Gasteiger partial charge is 0.492 e. The van der Waals surface area contributed by atoms with E-state index < -0.39 is 5.54 Å². The van der Waals surface area contributed by atoms with Crippen molar-refractivity contribution in [2.75, 3.05) is 37.5 Å². The van der Waals surface area contributed by atoms with Gasteiger partial charge in [0.1, 0.15) is 12.4 Å². The molecular weight excluding hydrogens is 534 g/mol. The van der Waals surface area contributed by atoms with Gasteiger partial charge in [-0.3, -0.25) is 9.59 Å². The molecule has 0 aromatic heterocycles. The number of likely N-dealkylation sites (N-methyl/N-ethyl adjacent to an activating group) is 1. The van der Waals surface area contributed by atoms with Gasteiger partial charge in [-0.2, -0.15) is 0 Å². The third-order valence-corrected chi connectivity index (χ3v) is 8.47. The predicted octanol–water partition coefficient (Wildman–Crippen LogP) is 7.58. The van der Waals surface area contributed by atoms with Crippen molar-refractivity contribution in [1.29, 1.82) is 0 Å². The minimum Gasteiger partial charge on any atom is -0.492 e. The van der Waals surface area contributed by atoms with Crippen LogP contribution in [0.15, 0.2) is 97.1 Å². The van der Waals surface area contributed by atoms with Crippen LogP contribution >= 0.6 is 0 Å². The van der Waals surface area contributed by atoms with Gasteiger partial charge in [-0.1, -0.05) is 61.5 Å². The van der Waals surface area contributed by atoms with E-state index in [-0.39, 0.29) is 23.7 Å². The molecule has 0 bridgehead atoms. The molecule has 1 aliphatic rings. The molecule has 0 radical (unpaired) electrons. The van der Waals surface area contributed by atoms with Gasteiger partial charge in [-0.25, -0.2) is 0 Å². The van der Waals surface area contributed by atoms with Gasteiger partial charge in [0.25, 0.3) is 5.91 Å². The lowest BCUT2D eigenvalue weighted by Crippen LogP contribution is -2.55. The Bertz CT molecular complexity index is 1580. The summed E-state index contributed by atoms with van der Waals surface area (Å²) in [5.41, 5.74) is 6.04. The lowest BCUT2D eigenvalue weighted by Gasteiger charge is -2.51. The molecule has 5 rings (SSSR count). The van der Waals surface area contributed by atoms with Crippen LogP contribution in [0.3, 0.4) is 0 Å². The fraction of sp³-hybridized carbons (Fsp3) is 0.297. The van der Waals surface area contributed by atoms with Gasteiger partial charge in [0.05, 0.1) is 0 Å². The van der Waals surface area contributed by atoms with Crippen molar-refractivity contribution in [1.82, 2.24) is 4.90 Å². The van der Waals surface area contributed by atoms with Crippen LogP contribution in [0, 0.1) is 0 Å². The zero-order valence-electron chi connectivity index (χ0n) is 25.9. The molecule has 4 aromatic carbocycles. The van der Waals surface area contributed by atoms with Crippen LogP contribution in [0.5, 0.6) is 5.75 Å². The quantitative estimate of drug-likeness (QED) is 0.235. The van der Waals surface area contributed by atoms with Gasteiger partial charge < -0.3 is 19.9 Å². The summed E-state index contributed by atoms with van der Waals surface area (Å²) in [6, 6.07) is 31.9. The number of carbonyl (C=O) groups excluding carboxylic acids is 2. The van der Waals surface area contributed by atoms with Gasteiger partial charge in [-0.15, -0.1) is 0 Å². The highest BCUT2D eigenvalue weighted by Crippen LogP contribution is 2.52. The number of fused-ring (bicyclic) bond motifs is 1. The van der Waals surface area contributed by atoms with Crippen LogP contribution < -0.4 is 15.0 Å². The van der Waals surface area contributed by atoms with Crippen LogP contribution in [0.4, 0.5) is 11.4 Å². The maximum Gasteiger partial charge on any atom is 0.255 e. The molecule has 0 fully saturated rings. The zero-order valence-corrected chi connectivity index (χ0v) is 25.9. The standard InChI is InChI=1S/C37H41N3O3/c1-25-33-24-31(38-36(42)30-14-12-28(13-15-30)27-10-8-7-9-11-27)18-21-34(33)40(26(2)41)37(3,4)35(25)29-16-19-32(20-17-29)43-23-22-39(5)6/h7-21,24-25,35H,22-23H2,1-6H3,(H,38,42). The molecule has 1 N–H and O–H groups in total. The average molecular weight is 576 g/mol. The second kappa shape index (κ2) is 12.4. The van der Waals surface area contributed by atoms with E-state index in [0.29, 0.717) is 17.9 Å². The lowest BCUT2D eigenvalue weighted by atomic mass is 9.67. The molecule has 6 heteroatoms. The van der Waals surface area contributed by atoms with Crippen LogP contribution in [0.1, 0.15) is 61.0 Å². The lowest BCUT2D eigenvalue weighted by molar-refractivity contribution is -0.118. The Labute approximate surface area is 255 Å². The smallest absolute Gasteiger partial charge is 0.255 e. The van der Waals surface area contributed by atoms with Gasteiger partial charge >= 0.3 is 0 Å². The zero-order chi connectivity index (χ0) is 30.7. The van der Waals surface area contributed by atoms with E-state index in [1.807, 2.05) is 91.8 Å². The van der Waals surface area contributed by atoms with Crippen LogP contribution in [0.2, 0.25) is 0 Å². The number of hydrogen-bond donors (Lipinski definition) is 1. The first-order valence-electron chi connectivity index (χ1n) is 14.9. The number of amides is 2. The minimum absolute atomic E-state index is 0.0120. The molecule has 0 saturated carbocycles. The van der Waals surface area contributed by atoms with Crippen molar-refractivity contribution in [2.24, 2.45) is 0 Å². The SMILES string of the molecule is CC(=O)N1c2ccc(NC(=O)c3ccc(-c4ccccc4)cc3)cc2C(C)C(c2ccc(OCCN(C)C)cc2)C1(C)C. The van der Waals surface area contributed by atoms with Crippen molar-refractivity contribution >= 4 is 23.2 Å². The molecule has 1 heterocycles. The highest BCUT2D eigenvalue weighted by Gasteiger charge is 2.47. The maximum absolute atomic E-state index is 13.2. The first-order chi connectivity index (χ1) is 20.6. The first-order valence-corrected chi connectivity index (χ1v) is 14.9. The second-order valence-corrected chi connectivity index (χ2v) is 12.2. The van der Waals surface area contributed by atoms with Gasteiger partial charge in [0.15, 0.2) is 0 Å². The number of anilines is 2. The van der Waals surface area contributed by atoms with Crippen molar-refractivity contribution in [2.45, 2.75) is 45.1 Å². The van der Waals surface area contributed by atoms with E-state index >= 15 is 0 Å². The van der Waals surface area contributed by atoms with E-state index in [2.05, 4.69) is 55.3 Å². The van der Waals surface area contributed by atoms with Crippen molar-refractivity contribution in [3.63, 3.8) is 0 Å². The molecule has 1 aliphatic heterocycles. The highest BCUT2D eigenvalue weighted by molar-refractivity contribution is 6.05. The molecule has 6 nitrogen and oxygen atoms in total. The van der Waals surface area contributed by atoms with Crippen LogP contribution in [0.25, 0.3) is 11.1 Å². The Hall–Kier alpha value is -4.42. The monoisotopic (exact) mass is 575 g/mol. The predicted molar refractivity (Wildman–Crippen MR) is 175 cm³/mol. The molecule has 2 unspecified atom stereocenters. The van der Waals surface area contributed by atoms with Crippen LogP contribution in [-0.2, 0) is 4.79 Å². The third-order valence-electron chi connectivity index (χ3n) is 8.47. The van der Waals surface area contributed by atoms with Gasteiger partial charge in [0.2, 0.25) is 5.91 Å². The molecule has 2 amide bonds. The minimum atomic E-state index is -0.475. The van der Waals surface area contributed by atoms with Crippen LogP contribution in [-0.4, -0.2) is 49.5 Å². The number of hydrogen-bond acceptors (Lipinski definition) is 4. The van der Waals surface area contributed by atoms with Crippen molar-refractivity contribution in [3.05, 3.63) is 114 Å². The van der Waals surface area contributed by atoms with Gasteiger partial charge in [-0.05, 0) is 98.6 Å². The van der Waals surface area contributed by atoms with E-state index in [4.69, 9.17) is 4.74 Å². The fourth-order valence-corrected chi connectivity index (χ4v) is 6.48. The van der Waals surface area contributed by atoms with E-state index in [1.165, 1.54) is 0 Å². The molecule has 0 aliphatic carbocycles. The molecule has 2 atom stereocenters. The molecule has 43 heavy (non-hydrogen) atoms. The molecule has 0 spiro atoms. The number of nitrogens with zero attached hydrogens (tertiary/aromatic N) is 2. The number of nitrogens with one attached hydrogen (secondary N) is 1. The summed E-state index contributed by atoms with van der Waals surface area (Å²) < 4.78 is 5.93. The third kappa shape index (κ3) is 6.35. The Morgan fingerprint density at radius 3 is 2.16 bits per heavy atom. The number of ether oxygens (including phenoxy) is 1. The van der Waals surface area contributed by atoms with E-state index in [0.717, 1.165) is 40.2 Å².